The number of esters is 2. The molecule has 2 aromatic carbocycles. The quantitative estimate of drug-likeness (QED) is 0.510. The summed E-state index contributed by atoms with van der Waals surface area (Å²) in [5.41, 5.74) is -0.531. The number of ether oxygens (including phenoxy) is 5. The van der Waals surface area contributed by atoms with Crippen molar-refractivity contribution in [2.45, 2.75) is 11.5 Å². The van der Waals surface area contributed by atoms with E-state index in [1.807, 2.05) is 24.3 Å². The van der Waals surface area contributed by atoms with E-state index in [2.05, 4.69) is 15.9 Å². The van der Waals surface area contributed by atoms with Gasteiger partial charge in [0.15, 0.2) is 11.5 Å². The molecule has 2 heterocycles. The average Bonchev–Trinajstić information content (AvgIpc) is 3.32. The zero-order valence-corrected chi connectivity index (χ0v) is 17.2. The van der Waals surface area contributed by atoms with Crippen molar-refractivity contribution in [3.05, 3.63) is 58.1 Å². The number of methoxy groups -OCH3 is 2. The molecule has 0 radical (unpaired) electrons. The monoisotopic (exact) mass is 460 g/mol. The Morgan fingerprint density at radius 3 is 2.28 bits per heavy atom. The Hall–Kier alpha value is -3.00. The van der Waals surface area contributed by atoms with Gasteiger partial charge < -0.3 is 23.7 Å². The number of hydrogen-bond acceptors (Lipinski definition) is 7. The normalized spacial score (nSPS) is 18.2. The number of benzene rings is 2. The second-order valence-corrected chi connectivity index (χ2v) is 7.37. The van der Waals surface area contributed by atoms with E-state index in [1.165, 1.54) is 14.2 Å². The van der Waals surface area contributed by atoms with Crippen LogP contribution in [0.4, 0.5) is 0 Å². The molecule has 0 bridgehead atoms. The van der Waals surface area contributed by atoms with Gasteiger partial charge in [-0.1, -0.05) is 40.2 Å². The number of hydrogen-bond donors (Lipinski definition) is 0. The number of rotatable bonds is 4. The van der Waals surface area contributed by atoms with Crippen molar-refractivity contribution in [2.75, 3.05) is 21.0 Å². The Bertz CT molecular complexity index is 981. The molecule has 0 aromatic heterocycles. The molecule has 0 unspecified atom stereocenters. The van der Waals surface area contributed by atoms with Gasteiger partial charge in [0.1, 0.15) is 5.75 Å². The minimum Gasteiger partial charge on any atom is -0.466 e. The third-order valence-corrected chi connectivity index (χ3v) is 5.41. The molecule has 2 aromatic rings. The predicted octanol–water partition coefficient (Wildman–Crippen LogP) is 3.45. The minimum absolute atomic E-state index is 0.0940. The second-order valence-electron chi connectivity index (χ2n) is 6.45. The van der Waals surface area contributed by atoms with E-state index in [0.29, 0.717) is 22.8 Å². The zero-order valence-electron chi connectivity index (χ0n) is 15.6. The van der Waals surface area contributed by atoms with Crippen LogP contribution in [0.3, 0.4) is 0 Å². The van der Waals surface area contributed by atoms with Gasteiger partial charge in [-0.2, -0.15) is 0 Å². The van der Waals surface area contributed by atoms with Crippen molar-refractivity contribution in [2.24, 2.45) is 0 Å². The third-order valence-electron chi connectivity index (χ3n) is 4.88. The molecule has 2 aliphatic heterocycles. The summed E-state index contributed by atoms with van der Waals surface area (Å²) in [7, 11) is 2.39. The van der Waals surface area contributed by atoms with Crippen LogP contribution in [0.15, 0.2) is 46.9 Å². The highest BCUT2D eigenvalue weighted by Crippen LogP contribution is 2.51. The van der Waals surface area contributed by atoms with Crippen LogP contribution in [0.2, 0.25) is 0 Å². The summed E-state index contributed by atoms with van der Waals surface area (Å²) < 4.78 is 27.5. The van der Waals surface area contributed by atoms with Crippen LogP contribution in [0.1, 0.15) is 17.0 Å². The molecule has 4 rings (SSSR count). The van der Waals surface area contributed by atoms with Crippen LogP contribution in [-0.4, -0.2) is 38.6 Å². The molecule has 29 heavy (non-hydrogen) atoms. The number of fused-ring (bicyclic) bond motifs is 2. The summed E-state index contributed by atoms with van der Waals surface area (Å²) in [6.45, 7) is 0.0940. The first-order chi connectivity index (χ1) is 14.0. The molecule has 8 heteroatoms. The smallest absolute Gasteiger partial charge is 0.363 e. The van der Waals surface area contributed by atoms with E-state index >= 15 is 0 Å². The molecule has 0 saturated heterocycles. The summed E-state index contributed by atoms with van der Waals surface area (Å²) in [6, 6.07) is 10.9. The summed E-state index contributed by atoms with van der Waals surface area (Å²) in [5, 5.41) is 0. The molecule has 0 amide bonds. The molecule has 0 aliphatic carbocycles. The lowest BCUT2D eigenvalue weighted by Gasteiger charge is -2.27. The Kier molecular flexibility index (Phi) is 4.96. The van der Waals surface area contributed by atoms with Gasteiger partial charge in [0.25, 0.3) is 0 Å². The van der Waals surface area contributed by atoms with E-state index in [0.717, 1.165) is 10.0 Å². The van der Waals surface area contributed by atoms with Gasteiger partial charge in [0, 0.05) is 16.1 Å². The molecule has 0 fully saturated rings. The molecule has 7 nitrogen and oxygen atoms in total. The van der Waals surface area contributed by atoms with E-state index < -0.39 is 23.5 Å². The summed E-state index contributed by atoms with van der Waals surface area (Å²) in [4.78, 5) is 25.5. The van der Waals surface area contributed by atoms with Crippen molar-refractivity contribution in [1.82, 2.24) is 0 Å². The largest absolute Gasteiger partial charge is 0.466 e. The van der Waals surface area contributed by atoms with Crippen molar-refractivity contribution in [3.8, 4) is 17.2 Å². The summed E-state index contributed by atoms with van der Waals surface area (Å²) >= 11 is 3.40. The number of halogens is 1. The topological polar surface area (TPSA) is 80.3 Å². The van der Waals surface area contributed by atoms with Crippen LogP contribution < -0.4 is 14.2 Å². The van der Waals surface area contributed by atoms with E-state index in [-0.39, 0.29) is 6.79 Å². The summed E-state index contributed by atoms with van der Waals surface area (Å²) in [6.07, 6.45) is 3.53. The summed E-state index contributed by atoms with van der Waals surface area (Å²) in [5.74, 6) is -1.18. The van der Waals surface area contributed by atoms with Crippen LogP contribution in [0, 0.1) is 0 Å². The molecular weight excluding hydrogens is 444 g/mol. The Labute approximate surface area is 175 Å². The van der Waals surface area contributed by atoms with Gasteiger partial charge in [0.05, 0.1) is 20.1 Å². The Morgan fingerprint density at radius 1 is 1.03 bits per heavy atom. The number of carbonyl (C=O) groups excluding carboxylic acids is 2. The lowest BCUT2D eigenvalue weighted by Crippen LogP contribution is -2.54. The lowest BCUT2D eigenvalue weighted by molar-refractivity contribution is -0.176. The zero-order chi connectivity index (χ0) is 20.6. The second kappa shape index (κ2) is 7.44. The molecule has 2 aliphatic rings. The van der Waals surface area contributed by atoms with Gasteiger partial charge in [-0.05, 0) is 23.8 Å². The predicted molar refractivity (Wildman–Crippen MR) is 106 cm³/mol. The van der Waals surface area contributed by atoms with Gasteiger partial charge in [-0.15, -0.1) is 0 Å². The highest BCUT2D eigenvalue weighted by Gasteiger charge is 2.62. The molecule has 0 N–H and O–H groups in total. The van der Waals surface area contributed by atoms with Crippen molar-refractivity contribution < 1.29 is 33.3 Å². The molecule has 150 valence electrons. The first kappa shape index (κ1) is 19.3. The molecule has 1 atom stereocenters. The maximum atomic E-state index is 12.8. The van der Waals surface area contributed by atoms with Gasteiger partial charge in [-0.25, -0.2) is 9.59 Å². The molecule has 0 spiro atoms. The highest BCUT2D eigenvalue weighted by atomic mass is 79.9. The van der Waals surface area contributed by atoms with Crippen LogP contribution in [0.5, 0.6) is 17.2 Å². The highest BCUT2D eigenvalue weighted by molar-refractivity contribution is 9.10. The van der Waals surface area contributed by atoms with Crippen molar-refractivity contribution in [1.29, 1.82) is 0 Å². The first-order valence-corrected chi connectivity index (χ1v) is 9.52. The fourth-order valence-corrected chi connectivity index (χ4v) is 3.73. The Balaban J connectivity index is 1.84. The van der Waals surface area contributed by atoms with Crippen LogP contribution >= 0.6 is 15.9 Å². The van der Waals surface area contributed by atoms with Crippen molar-refractivity contribution in [3.63, 3.8) is 0 Å². The average molecular weight is 461 g/mol. The lowest BCUT2D eigenvalue weighted by atomic mass is 9.83. The van der Waals surface area contributed by atoms with Crippen LogP contribution in [-0.2, 0) is 19.1 Å². The minimum atomic E-state index is -2.01. The van der Waals surface area contributed by atoms with Gasteiger partial charge >= 0.3 is 17.5 Å². The fraction of sp³-hybridized carbons (Fsp3) is 0.238. The first-order valence-electron chi connectivity index (χ1n) is 8.72. The van der Waals surface area contributed by atoms with E-state index in [4.69, 9.17) is 23.7 Å². The molecular formula is C21H17BrO7. The fourth-order valence-electron chi connectivity index (χ4n) is 3.47. The van der Waals surface area contributed by atoms with Gasteiger partial charge in [-0.3, -0.25) is 0 Å². The van der Waals surface area contributed by atoms with Gasteiger partial charge in [0.2, 0.25) is 6.79 Å². The maximum Gasteiger partial charge on any atom is 0.363 e. The SMILES string of the molecule is COC(=O)C1(C(=O)OC)Oc2cc3c(cc2[C@@H]1/C=C/c1ccc(Br)cc1)OCO3. The third kappa shape index (κ3) is 3.13. The maximum absolute atomic E-state index is 12.8. The number of carbonyl (C=O) groups is 2. The Morgan fingerprint density at radius 2 is 1.66 bits per heavy atom. The van der Waals surface area contributed by atoms with E-state index in [1.54, 1.807) is 24.3 Å². The standard InChI is InChI=1S/C21H17BrO7/c1-25-19(23)21(20(24)26-2)15(8-5-12-3-6-13(22)7-4-12)14-9-17-18(28-11-27-17)10-16(14)29-21/h3-10,15H,11H2,1-2H3/b8-5+/t15-/m0/s1. The van der Waals surface area contributed by atoms with E-state index in [9.17, 15) is 9.59 Å². The van der Waals surface area contributed by atoms with Crippen LogP contribution in [0.25, 0.3) is 6.08 Å². The molecule has 0 saturated carbocycles. The van der Waals surface area contributed by atoms with Crippen molar-refractivity contribution >= 4 is 33.9 Å².